The lowest BCUT2D eigenvalue weighted by atomic mass is 10.0. The molecule has 28 heavy (non-hydrogen) atoms. The standard InChI is InChI=1S/C21H23N3O4/c1-14-19(27-13-23-14)21(25)24-10-6-5-8-17(24)20-22-12-16(28-20)11-15-7-3-4-9-18(15)26-2/h3-4,7,9,12-13,17H,5-6,8,10-11H2,1-2H3/t17-/m0/s1. The molecule has 7 nitrogen and oxygen atoms in total. The summed E-state index contributed by atoms with van der Waals surface area (Å²) in [5.74, 6) is 2.25. The summed E-state index contributed by atoms with van der Waals surface area (Å²) in [6.45, 7) is 2.42. The fraction of sp³-hybridized carbons (Fsp3) is 0.381. The van der Waals surface area contributed by atoms with E-state index in [1.807, 2.05) is 24.3 Å². The van der Waals surface area contributed by atoms with Gasteiger partial charge in [0.15, 0.2) is 6.39 Å². The van der Waals surface area contributed by atoms with Gasteiger partial charge in [-0.3, -0.25) is 4.79 Å². The number of carbonyl (C=O) groups excluding carboxylic acids is 1. The predicted octanol–water partition coefficient (Wildman–Crippen LogP) is 3.94. The third-order valence-corrected chi connectivity index (χ3v) is 5.12. The Balaban J connectivity index is 1.56. The number of nitrogens with zero attached hydrogens (tertiary/aromatic N) is 3. The number of likely N-dealkylation sites (tertiary alicyclic amines) is 1. The Kier molecular flexibility index (Phi) is 5.14. The lowest BCUT2D eigenvalue weighted by Crippen LogP contribution is -2.38. The quantitative estimate of drug-likeness (QED) is 0.666. The summed E-state index contributed by atoms with van der Waals surface area (Å²) in [6, 6.07) is 7.64. The minimum atomic E-state index is -0.197. The number of methoxy groups -OCH3 is 1. The maximum atomic E-state index is 13.0. The number of carbonyl (C=O) groups is 1. The van der Waals surface area contributed by atoms with Crippen LogP contribution in [0.1, 0.15) is 58.8 Å². The van der Waals surface area contributed by atoms with Crippen molar-refractivity contribution in [1.29, 1.82) is 0 Å². The molecule has 1 saturated heterocycles. The molecule has 0 unspecified atom stereocenters. The van der Waals surface area contributed by atoms with E-state index in [0.717, 1.165) is 36.3 Å². The van der Waals surface area contributed by atoms with Gasteiger partial charge in [0.1, 0.15) is 17.6 Å². The van der Waals surface area contributed by atoms with E-state index in [4.69, 9.17) is 13.6 Å². The third-order valence-electron chi connectivity index (χ3n) is 5.12. The van der Waals surface area contributed by atoms with Crippen LogP contribution in [-0.2, 0) is 6.42 Å². The first kappa shape index (κ1) is 18.3. The zero-order valence-corrected chi connectivity index (χ0v) is 16.1. The number of oxazole rings is 2. The number of rotatable bonds is 5. The number of para-hydroxylation sites is 1. The highest BCUT2D eigenvalue weighted by Gasteiger charge is 2.34. The van der Waals surface area contributed by atoms with Crippen LogP contribution in [0, 0.1) is 6.92 Å². The molecule has 1 aliphatic rings. The van der Waals surface area contributed by atoms with Crippen molar-refractivity contribution in [3.05, 3.63) is 65.5 Å². The fourth-order valence-corrected chi connectivity index (χ4v) is 3.66. The molecule has 4 rings (SSSR count). The van der Waals surface area contributed by atoms with Crippen molar-refractivity contribution < 1.29 is 18.4 Å². The molecular formula is C21H23N3O4. The summed E-state index contributed by atoms with van der Waals surface area (Å²) < 4.78 is 16.8. The smallest absolute Gasteiger partial charge is 0.292 e. The lowest BCUT2D eigenvalue weighted by Gasteiger charge is -2.33. The highest BCUT2D eigenvalue weighted by atomic mass is 16.5. The van der Waals surface area contributed by atoms with E-state index in [1.54, 1.807) is 25.1 Å². The second-order valence-electron chi connectivity index (χ2n) is 6.93. The molecule has 3 heterocycles. The number of piperidine rings is 1. The van der Waals surface area contributed by atoms with Gasteiger partial charge in [-0.2, -0.15) is 0 Å². The summed E-state index contributed by atoms with van der Waals surface area (Å²) >= 11 is 0. The number of benzene rings is 1. The summed E-state index contributed by atoms with van der Waals surface area (Å²) in [4.78, 5) is 23.3. The average molecular weight is 381 g/mol. The van der Waals surface area contributed by atoms with E-state index in [9.17, 15) is 4.79 Å². The Morgan fingerprint density at radius 1 is 1.29 bits per heavy atom. The molecule has 1 atom stereocenters. The molecule has 2 aromatic heterocycles. The van der Waals surface area contributed by atoms with Crippen LogP contribution in [-0.4, -0.2) is 34.4 Å². The fourth-order valence-electron chi connectivity index (χ4n) is 3.66. The van der Waals surface area contributed by atoms with Crippen molar-refractivity contribution in [2.75, 3.05) is 13.7 Å². The van der Waals surface area contributed by atoms with E-state index in [0.29, 0.717) is 24.6 Å². The number of aryl methyl sites for hydroxylation is 1. The topological polar surface area (TPSA) is 81.6 Å². The minimum Gasteiger partial charge on any atom is -0.496 e. The van der Waals surface area contributed by atoms with E-state index >= 15 is 0 Å². The zero-order chi connectivity index (χ0) is 19.5. The van der Waals surface area contributed by atoms with E-state index in [-0.39, 0.29) is 17.7 Å². The normalized spacial score (nSPS) is 16.9. The van der Waals surface area contributed by atoms with Gasteiger partial charge in [-0.25, -0.2) is 9.97 Å². The summed E-state index contributed by atoms with van der Waals surface area (Å²) in [7, 11) is 1.65. The molecule has 0 radical (unpaired) electrons. The molecule has 0 saturated carbocycles. The molecule has 1 aliphatic heterocycles. The molecule has 3 aromatic rings. The van der Waals surface area contributed by atoms with Gasteiger partial charge in [0, 0.05) is 18.5 Å². The van der Waals surface area contributed by atoms with E-state index in [1.165, 1.54) is 6.39 Å². The van der Waals surface area contributed by atoms with Crippen LogP contribution in [0.15, 0.2) is 45.7 Å². The van der Waals surface area contributed by atoms with Gasteiger partial charge in [-0.1, -0.05) is 18.2 Å². The SMILES string of the molecule is COc1ccccc1Cc1cnc([C@@H]2CCCCN2C(=O)c2ocnc2C)o1. The molecule has 1 fully saturated rings. The first-order chi connectivity index (χ1) is 13.7. The predicted molar refractivity (Wildman–Crippen MR) is 101 cm³/mol. The van der Waals surface area contributed by atoms with Crippen LogP contribution in [0.4, 0.5) is 0 Å². The first-order valence-electron chi connectivity index (χ1n) is 9.45. The van der Waals surface area contributed by atoms with Gasteiger partial charge in [-0.15, -0.1) is 0 Å². The molecule has 146 valence electrons. The van der Waals surface area contributed by atoms with Crippen molar-refractivity contribution in [1.82, 2.24) is 14.9 Å². The molecule has 0 aliphatic carbocycles. The average Bonchev–Trinajstić information content (AvgIpc) is 3.37. The molecule has 1 aromatic carbocycles. The zero-order valence-electron chi connectivity index (χ0n) is 16.1. The second kappa shape index (κ2) is 7.88. The van der Waals surface area contributed by atoms with E-state index < -0.39 is 0 Å². The monoisotopic (exact) mass is 381 g/mol. The van der Waals surface area contributed by atoms with Crippen molar-refractivity contribution in [2.24, 2.45) is 0 Å². The first-order valence-corrected chi connectivity index (χ1v) is 9.45. The lowest BCUT2D eigenvalue weighted by molar-refractivity contribution is 0.0537. The van der Waals surface area contributed by atoms with Gasteiger partial charge in [-0.05, 0) is 32.3 Å². The Morgan fingerprint density at radius 2 is 2.14 bits per heavy atom. The van der Waals surface area contributed by atoms with Gasteiger partial charge in [0.05, 0.1) is 19.0 Å². The Labute approximate surface area is 163 Å². The molecule has 0 spiro atoms. The molecule has 0 bridgehead atoms. The van der Waals surface area contributed by atoms with Crippen LogP contribution in [0.5, 0.6) is 5.75 Å². The third kappa shape index (κ3) is 3.52. The van der Waals surface area contributed by atoms with Crippen LogP contribution in [0.25, 0.3) is 0 Å². The maximum absolute atomic E-state index is 13.0. The van der Waals surface area contributed by atoms with Gasteiger partial charge in [0.2, 0.25) is 11.7 Å². The van der Waals surface area contributed by atoms with Crippen molar-refractivity contribution in [2.45, 2.75) is 38.6 Å². The molecule has 1 amide bonds. The van der Waals surface area contributed by atoms with Gasteiger partial charge in [0.25, 0.3) is 5.91 Å². The molecule has 7 heteroatoms. The van der Waals surface area contributed by atoms with Gasteiger partial charge < -0.3 is 18.5 Å². The number of hydrogen-bond donors (Lipinski definition) is 0. The van der Waals surface area contributed by atoms with Crippen LogP contribution in [0.3, 0.4) is 0 Å². The van der Waals surface area contributed by atoms with Crippen molar-refractivity contribution >= 4 is 5.91 Å². The largest absolute Gasteiger partial charge is 0.496 e. The van der Waals surface area contributed by atoms with Crippen LogP contribution in [0.2, 0.25) is 0 Å². The van der Waals surface area contributed by atoms with Crippen LogP contribution >= 0.6 is 0 Å². The summed E-state index contributed by atoms with van der Waals surface area (Å²) in [5.41, 5.74) is 1.63. The Bertz CT molecular complexity index is 962. The summed E-state index contributed by atoms with van der Waals surface area (Å²) in [5, 5.41) is 0. The van der Waals surface area contributed by atoms with Gasteiger partial charge >= 0.3 is 0 Å². The van der Waals surface area contributed by atoms with E-state index in [2.05, 4.69) is 9.97 Å². The Hall–Kier alpha value is -3.09. The van der Waals surface area contributed by atoms with Crippen LogP contribution < -0.4 is 4.74 Å². The minimum absolute atomic E-state index is 0.163. The maximum Gasteiger partial charge on any atom is 0.292 e. The number of ether oxygens (including phenoxy) is 1. The summed E-state index contributed by atoms with van der Waals surface area (Å²) in [6.07, 6.45) is 6.40. The molecule has 0 N–H and O–H groups in total. The number of hydrogen-bond acceptors (Lipinski definition) is 6. The highest BCUT2D eigenvalue weighted by Crippen LogP contribution is 2.33. The van der Waals surface area contributed by atoms with Crippen molar-refractivity contribution in [3.8, 4) is 5.75 Å². The number of aromatic nitrogens is 2. The second-order valence-corrected chi connectivity index (χ2v) is 6.93. The van der Waals surface area contributed by atoms with Crippen molar-refractivity contribution in [3.63, 3.8) is 0 Å². The number of amides is 1. The highest BCUT2D eigenvalue weighted by molar-refractivity contribution is 5.92. The molecular weight excluding hydrogens is 358 g/mol. The Morgan fingerprint density at radius 3 is 2.93 bits per heavy atom.